The van der Waals surface area contributed by atoms with Crippen molar-refractivity contribution in [3.8, 4) is 5.75 Å². The number of hydrogen-bond donors (Lipinski definition) is 2. The van der Waals surface area contributed by atoms with Crippen LogP contribution in [0.4, 0.5) is 0 Å². The van der Waals surface area contributed by atoms with Crippen molar-refractivity contribution in [2.24, 2.45) is 17.1 Å². The molecular weight excluding hydrogens is 590 g/mol. The lowest BCUT2D eigenvalue weighted by Crippen LogP contribution is -2.21. The van der Waals surface area contributed by atoms with Gasteiger partial charge in [0, 0.05) is 17.5 Å². The van der Waals surface area contributed by atoms with Crippen LogP contribution in [0.1, 0.15) is 162 Å². The van der Waals surface area contributed by atoms with Gasteiger partial charge in [-0.05, 0) is 88.0 Å². The molecule has 0 radical (unpaired) electrons. The van der Waals surface area contributed by atoms with E-state index in [9.17, 15) is 9.90 Å². The van der Waals surface area contributed by atoms with Gasteiger partial charge in [-0.2, -0.15) is 0 Å². The molecule has 0 saturated heterocycles. The summed E-state index contributed by atoms with van der Waals surface area (Å²) in [5.41, 5.74) is 11.8. The minimum absolute atomic E-state index is 0.0530. The fraction of sp³-hybridized carbons (Fsp3) is 0.568. The zero-order valence-corrected chi connectivity index (χ0v) is 32.7. The molecule has 2 aromatic carbocycles. The number of phenols is 1. The number of allylic oxidation sites excluding steroid dienone is 4. The van der Waals surface area contributed by atoms with Crippen molar-refractivity contribution in [3.63, 3.8) is 0 Å². The Balaban J connectivity index is 0.000000995. The first-order valence-electron chi connectivity index (χ1n) is 18.8. The number of unbranched alkanes of at least 4 members (excludes halogenated alkanes) is 2. The lowest BCUT2D eigenvalue weighted by atomic mass is 9.71. The normalized spacial score (nSPS) is 11.7. The number of ether oxygens (including phenoxy) is 1. The van der Waals surface area contributed by atoms with Crippen LogP contribution in [0.3, 0.4) is 0 Å². The average molecular weight is 662 g/mol. The van der Waals surface area contributed by atoms with E-state index in [1.807, 2.05) is 77.1 Å². The molecular formula is C44H71NO3. The third-order valence-corrected chi connectivity index (χ3v) is 8.74. The Kier molecular flexibility index (Phi) is 24.0. The highest BCUT2D eigenvalue weighted by molar-refractivity contribution is 5.94. The maximum atomic E-state index is 11.4. The largest absolute Gasteiger partial charge is 0.507 e. The zero-order chi connectivity index (χ0) is 36.5. The summed E-state index contributed by atoms with van der Waals surface area (Å²) in [6, 6.07) is 14.7. The summed E-state index contributed by atoms with van der Waals surface area (Å²) < 4.78 is 6.00. The molecule has 0 saturated carbocycles. The second-order valence-electron chi connectivity index (χ2n) is 13.4. The lowest BCUT2D eigenvalue weighted by molar-refractivity contribution is 0.101. The lowest BCUT2D eigenvalue weighted by Gasteiger charge is -2.35. The van der Waals surface area contributed by atoms with Crippen molar-refractivity contribution in [1.29, 1.82) is 0 Å². The second-order valence-corrected chi connectivity index (χ2v) is 13.4. The number of ketones is 1. The van der Waals surface area contributed by atoms with Crippen LogP contribution in [0.2, 0.25) is 0 Å². The predicted molar refractivity (Wildman–Crippen MR) is 210 cm³/mol. The predicted octanol–water partition coefficient (Wildman–Crippen LogP) is 13.0. The molecule has 270 valence electrons. The van der Waals surface area contributed by atoms with Gasteiger partial charge in [0.25, 0.3) is 0 Å². The Morgan fingerprint density at radius 2 is 1.48 bits per heavy atom. The van der Waals surface area contributed by atoms with Crippen molar-refractivity contribution in [2.45, 2.75) is 147 Å². The number of benzene rings is 2. The Morgan fingerprint density at radius 3 is 1.96 bits per heavy atom. The maximum absolute atomic E-state index is 11.4. The van der Waals surface area contributed by atoms with Crippen LogP contribution in [0, 0.1) is 11.3 Å². The molecule has 0 atom stereocenters. The highest BCUT2D eigenvalue weighted by Gasteiger charge is 2.27. The van der Waals surface area contributed by atoms with E-state index in [0.29, 0.717) is 35.5 Å². The second kappa shape index (κ2) is 25.7. The molecule has 3 N–H and O–H groups in total. The van der Waals surface area contributed by atoms with Gasteiger partial charge in [0.05, 0.1) is 12.3 Å². The van der Waals surface area contributed by atoms with Crippen LogP contribution in [0.25, 0.3) is 5.57 Å². The molecule has 0 amide bonds. The summed E-state index contributed by atoms with van der Waals surface area (Å²) in [6.45, 7) is 23.6. The summed E-state index contributed by atoms with van der Waals surface area (Å²) in [7, 11) is 0. The van der Waals surface area contributed by atoms with Gasteiger partial charge in [0.15, 0.2) is 5.78 Å². The van der Waals surface area contributed by atoms with Crippen molar-refractivity contribution in [2.75, 3.05) is 6.61 Å². The van der Waals surface area contributed by atoms with E-state index in [2.05, 4.69) is 34.6 Å². The molecule has 4 heteroatoms. The van der Waals surface area contributed by atoms with E-state index < -0.39 is 0 Å². The smallest absolute Gasteiger partial charge is 0.159 e. The molecule has 0 aliphatic carbocycles. The molecule has 0 heterocycles. The number of para-hydroxylation sites is 1. The van der Waals surface area contributed by atoms with Crippen LogP contribution >= 0.6 is 0 Å². The molecule has 2 aromatic rings. The van der Waals surface area contributed by atoms with Crippen LogP contribution in [0.5, 0.6) is 5.75 Å². The van der Waals surface area contributed by atoms with E-state index in [1.54, 1.807) is 25.1 Å². The number of rotatable bonds is 19. The van der Waals surface area contributed by atoms with Gasteiger partial charge < -0.3 is 15.6 Å². The van der Waals surface area contributed by atoms with E-state index >= 15 is 0 Å². The molecule has 0 unspecified atom stereocenters. The van der Waals surface area contributed by atoms with Crippen molar-refractivity contribution < 1.29 is 14.6 Å². The summed E-state index contributed by atoms with van der Waals surface area (Å²) in [4.78, 5) is 11.4. The Hall–Kier alpha value is -3.27. The van der Waals surface area contributed by atoms with Gasteiger partial charge in [0.1, 0.15) is 11.5 Å². The summed E-state index contributed by atoms with van der Waals surface area (Å²) in [6.07, 6.45) is 18.6. The minimum atomic E-state index is 0.0530. The molecule has 0 aliphatic rings. The first kappa shape index (κ1) is 44.7. The zero-order valence-electron chi connectivity index (χ0n) is 32.7. The number of hydrogen-bond acceptors (Lipinski definition) is 4. The fourth-order valence-corrected chi connectivity index (χ4v) is 6.01. The molecule has 0 aromatic heterocycles. The van der Waals surface area contributed by atoms with Crippen molar-refractivity contribution in [1.82, 2.24) is 0 Å². The van der Waals surface area contributed by atoms with Gasteiger partial charge >= 0.3 is 0 Å². The summed E-state index contributed by atoms with van der Waals surface area (Å²) in [5, 5.41) is 10.3. The summed E-state index contributed by atoms with van der Waals surface area (Å²) in [5.74, 6) is 1.70. The van der Waals surface area contributed by atoms with Crippen molar-refractivity contribution >= 4 is 11.4 Å². The maximum Gasteiger partial charge on any atom is 0.159 e. The summed E-state index contributed by atoms with van der Waals surface area (Å²) >= 11 is 0. The SMILES string of the molecule is C/C=C(N)\C(=C/C(=C(C)C)c1ccccc1O)OCCc1ccc(C(C)=O)cc1.CC.CCCCCC(CCC)(CCC)CCC(C)C. The van der Waals surface area contributed by atoms with Gasteiger partial charge in [0.2, 0.25) is 0 Å². The average Bonchev–Trinajstić information content (AvgIpc) is 3.07. The number of carbonyl (C=O) groups excluding carboxylic acids is 1. The van der Waals surface area contributed by atoms with Gasteiger partial charge in [-0.1, -0.05) is 141 Å². The Labute approximate surface area is 296 Å². The number of Topliss-reactive ketones (excluding diaryl/α,β-unsaturated/α-hetero) is 1. The van der Waals surface area contributed by atoms with Crippen LogP contribution in [-0.4, -0.2) is 17.5 Å². The topological polar surface area (TPSA) is 72.6 Å². The standard InChI is InChI=1S/C25H29NO3.C17H36.C2H6/c1-5-23(26)25(16-22(17(2)3)21-8-6-7-9-24(21)28)29-15-14-19-10-12-20(13-11-19)18(4)27;1-6-9-10-14-17(12-7-2,13-8-3)15-11-16(4)5;1-2/h5-13,16,28H,14-15,26H2,1-4H3;16H,6-15H2,1-5H3;1-2H3/b23-5+,25-16+;;. The highest BCUT2D eigenvalue weighted by atomic mass is 16.5. The number of phenolic OH excluding ortho intramolecular Hbond substituents is 1. The van der Waals surface area contributed by atoms with Crippen LogP contribution < -0.4 is 5.73 Å². The molecule has 48 heavy (non-hydrogen) atoms. The number of aromatic hydroxyl groups is 1. The number of carbonyl (C=O) groups is 1. The van der Waals surface area contributed by atoms with E-state index in [-0.39, 0.29) is 11.5 Å². The first-order valence-corrected chi connectivity index (χ1v) is 18.8. The van der Waals surface area contributed by atoms with E-state index in [0.717, 1.165) is 28.2 Å². The van der Waals surface area contributed by atoms with Gasteiger partial charge in [-0.3, -0.25) is 4.79 Å². The number of nitrogens with two attached hydrogens (primary N) is 1. The quantitative estimate of drug-likeness (QED) is 0.0680. The molecule has 2 rings (SSSR count). The van der Waals surface area contributed by atoms with Crippen LogP contribution in [-0.2, 0) is 11.2 Å². The Bertz CT molecular complexity index is 1240. The third-order valence-electron chi connectivity index (χ3n) is 8.74. The highest BCUT2D eigenvalue weighted by Crippen LogP contribution is 2.41. The fourth-order valence-electron chi connectivity index (χ4n) is 6.01. The molecule has 0 fully saturated rings. The minimum Gasteiger partial charge on any atom is -0.507 e. The van der Waals surface area contributed by atoms with Crippen molar-refractivity contribution in [3.05, 3.63) is 94.4 Å². The molecule has 0 spiro atoms. The third kappa shape index (κ3) is 17.2. The first-order chi connectivity index (χ1) is 22.9. The van der Waals surface area contributed by atoms with E-state index in [4.69, 9.17) is 10.5 Å². The van der Waals surface area contributed by atoms with E-state index in [1.165, 1.54) is 64.2 Å². The van der Waals surface area contributed by atoms with Gasteiger partial charge in [-0.15, -0.1) is 0 Å². The monoisotopic (exact) mass is 662 g/mol. The molecule has 0 bridgehead atoms. The molecule has 4 nitrogen and oxygen atoms in total. The Morgan fingerprint density at radius 1 is 0.875 bits per heavy atom. The van der Waals surface area contributed by atoms with Gasteiger partial charge in [-0.25, -0.2) is 0 Å². The molecule has 0 aliphatic heterocycles. The van der Waals surface area contributed by atoms with Crippen LogP contribution in [0.15, 0.2) is 77.7 Å².